The summed E-state index contributed by atoms with van der Waals surface area (Å²) in [6.07, 6.45) is 2.95. The summed E-state index contributed by atoms with van der Waals surface area (Å²) in [6, 6.07) is 7.99. The van der Waals surface area contributed by atoms with Crippen molar-refractivity contribution in [2.45, 2.75) is 33.1 Å². The lowest BCUT2D eigenvalue weighted by atomic mass is 9.91. The Morgan fingerprint density at radius 3 is 2.55 bits per heavy atom. The maximum Gasteiger partial charge on any atom is 0.348 e. The van der Waals surface area contributed by atoms with Gasteiger partial charge >= 0.3 is 5.97 Å². The molecular formula is C23H27NO4S. The summed E-state index contributed by atoms with van der Waals surface area (Å²) >= 11 is 1.45. The molecule has 4 rings (SSSR count). The van der Waals surface area contributed by atoms with Gasteiger partial charge in [0.15, 0.2) is 6.61 Å². The average Bonchev–Trinajstić information content (AvgIpc) is 3.15. The Bertz CT molecular complexity index is 925. The van der Waals surface area contributed by atoms with Gasteiger partial charge < -0.3 is 14.4 Å². The fraction of sp³-hybridized carbons (Fsp3) is 0.478. The lowest BCUT2D eigenvalue weighted by molar-refractivity contribution is -0.137. The number of likely N-dealkylation sites (tertiary alicyclic amines) is 1. The first kappa shape index (κ1) is 20.0. The molecule has 1 aromatic carbocycles. The second-order valence-corrected chi connectivity index (χ2v) is 9.36. The molecule has 1 fully saturated rings. The minimum atomic E-state index is -0.411. The molecule has 5 nitrogen and oxygen atoms in total. The molecule has 1 aliphatic heterocycles. The summed E-state index contributed by atoms with van der Waals surface area (Å²) in [5, 5.41) is 0. The Balaban J connectivity index is 1.43. The zero-order valence-electron chi connectivity index (χ0n) is 17.2. The van der Waals surface area contributed by atoms with E-state index in [0.29, 0.717) is 16.7 Å². The fourth-order valence-corrected chi connectivity index (χ4v) is 5.66. The number of aryl methyl sites for hydroxylation is 2. The van der Waals surface area contributed by atoms with Crippen molar-refractivity contribution in [3.05, 3.63) is 40.3 Å². The molecule has 0 N–H and O–H groups in total. The number of amides is 1. The van der Waals surface area contributed by atoms with Gasteiger partial charge in [-0.05, 0) is 72.1 Å². The number of carbonyl (C=O) groups is 2. The summed E-state index contributed by atoms with van der Waals surface area (Å²) in [5.41, 5.74) is 3.57. The number of hydrogen-bond donors (Lipinski definition) is 0. The molecule has 29 heavy (non-hydrogen) atoms. The van der Waals surface area contributed by atoms with Gasteiger partial charge in [0.05, 0.1) is 7.11 Å². The van der Waals surface area contributed by atoms with E-state index in [0.717, 1.165) is 48.5 Å². The van der Waals surface area contributed by atoms with Crippen molar-refractivity contribution in [1.29, 1.82) is 0 Å². The van der Waals surface area contributed by atoms with Gasteiger partial charge in [-0.2, -0.15) is 0 Å². The van der Waals surface area contributed by atoms with E-state index >= 15 is 0 Å². The number of carbonyl (C=O) groups excluding carboxylic acids is 2. The molecule has 2 heterocycles. The van der Waals surface area contributed by atoms with Gasteiger partial charge in [-0.15, -0.1) is 11.3 Å². The van der Waals surface area contributed by atoms with Crippen LogP contribution in [0.5, 0.6) is 5.75 Å². The molecule has 1 aliphatic carbocycles. The molecule has 1 aromatic heterocycles. The molecule has 2 atom stereocenters. The van der Waals surface area contributed by atoms with E-state index in [9.17, 15) is 9.59 Å². The third kappa shape index (κ3) is 4.17. The molecule has 2 aromatic rings. The highest BCUT2D eigenvalue weighted by Gasteiger charge is 2.27. The van der Waals surface area contributed by atoms with Crippen molar-refractivity contribution < 1.29 is 19.1 Å². The number of rotatable bonds is 4. The van der Waals surface area contributed by atoms with E-state index in [-0.39, 0.29) is 12.5 Å². The van der Waals surface area contributed by atoms with Crippen molar-refractivity contribution >= 4 is 23.2 Å². The Morgan fingerprint density at radius 1 is 1.10 bits per heavy atom. The van der Waals surface area contributed by atoms with Crippen LogP contribution in [0, 0.1) is 11.8 Å². The third-order valence-electron chi connectivity index (χ3n) is 5.78. The van der Waals surface area contributed by atoms with Gasteiger partial charge in [0.1, 0.15) is 10.6 Å². The number of hydrogen-bond acceptors (Lipinski definition) is 5. The molecule has 2 aliphatic rings. The summed E-state index contributed by atoms with van der Waals surface area (Å²) in [6.45, 7) is 5.62. The van der Waals surface area contributed by atoms with Crippen molar-refractivity contribution in [3.63, 3.8) is 0 Å². The van der Waals surface area contributed by atoms with Crippen molar-refractivity contribution in [2.75, 3.05) is 26.8 Å². The van der Waals surface area contributed by atoms with E-state index < -0.39 is 5.97 Å². The van der Waals surface area contributed by atoms with Crippen LogP contribution in [-0.2, 0) is 22.4 Å². The van der Waals surface area contributed by atoms with E-state index in [4.69, 9.17) is 9.47 Å². The van der Waals surface area contributed by atoms with Crippen molar-refractivity contribution in [3.8, 4) is 16.2 Å². The number of benzene rings is 1. The van der Waals surface area contributed by atoms with Crippen LogP contribution >= 0.6 is 11.3 Å². The van der Waals surface area contributed by atoms with Crippen LogP contribution in [0.3, 0.4) is 0 Å². The predicted molar refractivity (Wildman–Crippen MR) is 114 cm³/mol. The monoisotopic (exact) mass is 413 g/mol. The van der Waals surface area contributed by atoms with Crippen LogP contribution in [-0.4, -0.2) is 43.6 Å². The molecule has 1 amide bonds. The number of piperidine rings is 1. The van der Waals surface area contributed by atoms with Gasteiger partial charge in [-0.3, -0.25) is 4.79 Å². The molecule has 0 radical (unpaired) electrons. The Kier molecular flexibility index (Phi) is 5.63. The molecule has 0 bridgehead atoms. The quantitative estimate of drug-likeness (QED) is 0.706. The normalized spacial score (nSPS) is 20.6. The molecule has 1 saturated heterocycles. The predicted octanol–water partition coefficient (Wildman–Crippen LogP) is 4.18. The number of esters is 1. The summed E-state index contributed by atoms with van der Waals surface area (Å²) < 4.78 is 10.7. The first-order valence-electron chi connectivity index (χ1n) is 10.2. The lowest BCUT2D eigenvalue weighted by Crippen LogP contribution is -2.44. The highest BCUT2D eigenvalue weighted by molar-refractivity contribution is 7.17. The number of ether oxygens (including phenoxy) is 2. The number of methoxy groups -OCH3 is 1. The number of nitrogens with zero attached hydrogens (tertiary/aromatic N) is 1. The Labute approximate surface area is 175 Å². The summed E-state index contributed by atoms with van der Waals surface area (Å²) in [4.78, 5) is 28.6. The van der Waals surface area contributed by atoms with Gasteiger partial charge in [0.2, 0.25) is 0 Å². The zero-order chi connectivity index (χ0) is 20.5. The van der Waals surface area contributed by atoms with E-state index in [1.54, 1.807) is 7.11 Å². The standard InChI is InChI=1S/C23H27NO4S/c1-14-8-15(2)12-24(11-14)21(25)13-28-23(26)20-10-17-5-4-16-9-18(27-3)6-7-19(16)22(17)29-20/h6-7,9-10,14-15H,4-5,8,11-13H2,1-3H3/t14-,15-/m1/s1. The minimum Gasteiger partial charge on any atom is -0.497 e. The largest absolute Gasteiger partial charge is 0.497 e. The van der Waals surface area contributed by atoms with Crippen LogP contribution in [0.15, 0.2) is 24.3 Å². The first-order valence-corrected chi connectivity index (χ1v) is 11.0. The topological polar surface area (TPSA) is 55.8 Å². The maximum atomic E-state index is 12.6. The second kappa shape index (κ2) is 8.19. The zero-order valence-corrected chi connectivity index (χ0v) is 18.0. The average molecular weight is 414 g/mol. The van der Waals surface area contributed by atoms with Crippen molar-refractivity contribution in [1.82, 2.24) is 4.90 Å². The lowest BCUT2D eigenvalue weighted by Gasteiger charge is -2.34. The van der Waals surface area contributed by atoms with Gasteiger partial charge in [-0.1, -0.05) is 13.8 Å². The van der Waals surface area contributed by atoms with Gasteiger partial charge in [0, 0.05) is 18.0 Å². The van der Waals surface area contributed by atoms with Crippen LogP contribution in [0.25, 0.3) is 10.4 Å². The van der Waals surface area contributed by atoms with Crippen LogP contribution in [0.4, 0.5) is 0 Å². The van der Waals surface area contributed by atoms with Crippen LogP contribution in [0.2, 0.25) is 0 Å². The summed E-state index contributed by atoms with van der Waals surface area (Å²) in [7, 11) is 1.67. The third-order valence-corrected chi connectivity index (χ3v) is 6.97. The van der Waals surface area contributed by atoms with Crippen LogP contribution < -0.4 is 4.74 Å². The summed E-state index contributed by atoms with van der Waals surface area (Å²) in [5.74, 6) is 1.31. The fourth-order valence-electron chi connectivity index (χ4n) is 4.49. The van der Waals surface area contributed by atoms with Gasteiger partial charge in [-0.25, -0.2) is 4.79 Å². The highest BCUT2D eigenvalue weighted by atomic mass is 32.1. The molecule has 0 saturated carbocycles. The minimum absolute atomic E-state index is 0.101. The Hall–Kier alpha value is -2.34. The molecule has 0 spiro atoms. The molecule has 154 valence electrons. The van der Waals surface area contributed by atoms with E-state index in [1.807, 2.05) is 17.0 Å². The smallest absolute Gasteiger partial charge is 0.348 e. The SMILES string of the molecule is COc1ccc2c(c1)CCc1cc(C(=O)OCC(=O)N3C[C@H](C)C[C@@H](C)C3)sc1-2. The maximum absolute atomic E-state index is 12.6. The highest BCUT2D eigenvalue weighted by Crippen LogP contribution is 2.41. The Morgan fingerprint density at radius 2 is 1.83 bits per heavy atom. The number of fused-ring (bicyclic) bond motifs is 3. The number of thiophene rings is 1. The van der Waals surface area contributed by atoms with Gasteiger partial charge in [0.25, 0.3) is 5.91 Å². The molecule has 0 unspecified atom stereocenters. The first-order chi connectivity index (χ1) is 13.9. The van der Waals surface area contributed by atoms with E-state index in [1.165, 1.54) is 22.5 Å². The van der Waals surface area contributed by atoms with Crippen molar-refractivity contribution in [2.24, 2.45) is 11.8 Å². The second-order valence-electron chi connectivity index (χ2n) is 8.31. The molecular weight excluding hydrogens is 386 g/mol. The van der Waals surface area contributed by atoms with Crippen LogP contribution in [0.1, 0.15) is 41.1 Å². The molecule has 6 heteroatoms. The van der Waals surface area contributed by atoms with E-state index in [2.05, 4.69) is 26.0 Å².